The molecular formula is C11H16ClNS. The highest BCUT2D eigenvalue weighted by Crippen LogP contribution is 2.16. The van der Waals surface area contributed by atoms with Crippen molar-refractivity contribution in [3.8, 4) is 0 Å². The summed E-state index contributed by atoms with van der Waals surface area (Å²) in [6.07, 6.45) is 1.08. The highest BCUT2D eigenvalue weighted by atomic mass is 35.5. The molecule has 78 valence electrons. The Balaban J connectivity index is 2.21. The summed E-state index contributed by atoms with van der Waals surface area (Å²) >= 11 is 7.71. The van der Waals surface area contributed by atoms with Gasteiger partial charge in [-0.2, -0.15) is 11.8 Å². The van der Waals surface area contributed by atoms with Gasteiger partial charge in [0.15, 0.2) is 0 Å². The molecule has 2 N–H and O–H groups in total. The Morgan fingerprint density at radius 2 is 2.00 bits per heavy atom. The standard InChI is InChI=1S/C11H16ClNS/c1-9(13)6-7-14-8-10-2-4-11(12)5-3-10/h2-5,9H,6-8,13H2,1H3. The molecule has 0 aliphatic rings. The molecule has 0 saturated heterocycles. The maximum atomic E-state index is 5.79. The van der Waals surface area contributed by atoms with Crippen LogP contribution >= 0.6 is 23.4 Å². The highest BCUT2D eigenvalue weighted by Gasteiger charge is 1.96. The molecular weight excluding hydrogens is 214 g/mol. The highest BCUT2D eigenvalue weighted by molar-refractivity contribution is 7.98. The third-order valence-electron chi connectivity index (χ3n) is 1.90. The lowest BCUT2D eigenvalue weighted by molar-refractivity contribution is 0.721. The summed E-state index contributed by atoms with van der Waals surface area (Å²) in [7, 11) is 0. The van der Waals surface area contributed by atoms with Gasteiger partial charge in [-0.25, -0.2) is 0 Å². The van der Waals surface area contributed by atoms with E-state index in [1.165, 1.54) is 5.56 Å². The van der Waals surface area contributed by atoms with Crippen LogP contribution in [0.25, 0.3) is 0 Å². The minimum absolute atomic E-state index is 0.313. The Hall–Kier alpha value is -0.180. The molecule has 1 aromatic rings. The quantitative estimate of drug-likeness (QED) is 0.784. The maximum Gasteiger partial charge on any atom is 0.0406 e. The molecule has 1 unspecified atom stereocenters. The Morgan fingerprint density at radius 1 is 1.36 bits per heavy atom. The van der Waals surface area contributed by atoms with Crippen LogP contribution < -0.4 is 5.73 Å². The SMILES string of the molecule is CC(N)CCSCc1ccc(Cl)cc1. The molecule has 1 atom stereocenters. The molecule has 14 heavy (non-hydrogen) atoms. The normalized spacial score (nSPS) is 12.8. The zero-order chi connectivity index (χ0) is 10.4. The van der Waals surface area contributed by atoms with Crippen LogP contribution in [-0.2, 0) is 5.75 Å². The van der Waals surface area contributed by atoms with Crippen molar-refractivity contribution in [3.63, 3.8) is 0 Å². The van der Waals surface area contributed by atoms with Gasteiger partial charge in [0.1, 0.15) is 0 Å². The van der Waals surface area contributed by atoms with E-state index in [4.69, 9.17) is 17.3 Å². The zero-order valence-electron chi connectivity index (χ0n) is 8.37. The molecule has 0 radical (unpaired) electrons. The van der Waals surface area contributed by atoms with E-state index in [0.29, 0.717) is 6.04 Å². The largest absolute Gasteiger partial charge is 0.328 e. The fraction of sp³-hybridized carbons (Fsp3) is 0.455. The Morgan fingerprint density at radius 3 is 2.57 bits per heavy atom. The first kappa shape index (κ1) is 11.9. The Labute approximate surface area is 95.0 Å². The van der Waals surface area contributed by atoms with Crippen molar-refractivity contribution in [2.24, 2.45) is 5.73 Å². The van der Waals surface area contributed by atoms with Gasteiger partial charge >= 0.3 is 0 Å². The first-order valence-corrected chi connectivity index (χ1v) is 6.29. The lowest BCUT2D eigenvalue weighted by Crippen LogP contribution is -2.15. The predicted octanol–water partition coefficient (Wildman–Crippen LogP) is 3.31. The van der Waals surface area contributed by atoms with Crippen LogP contribution in [0.4, 0.5) is 0 Å². The van der Waals surface area contributed by atoms with Crippen molar-refractivity contribution in [2.45, 2.75) is 25.1 Å². The van der Waals surface area contributed by atoms with Gasteiger partial charge in [-0.15, -0.1) is 0 Å². The zero-order valence-corrected chi connectivity index (χ0v) is 9.94. The van der Waals surface area contributed by atoms with Crippen molar-refractivity contribution >= 4 is 23.4 Å². The minimum atomic E-state index is 0.313. The molecule has 1 aromatic carbocycles. The molecule has 0 aromatic heterocycles. The molecule has 0 bridgehead atoms. The molecule has 1 rings (SSSR count). The second-order valence-corrected chi connectivity index (χ2v) is 4.99. The number of benzene rings is 1. The van der Waals surface area contributed by atoms with E-state index >= 15 is 0 Å². The van der Waals surface area contributed by atoms with Gasteiger partial charge < -0.3 is 5.73 Å². The molecule has 0 heterocycles. The molecule has 0 spiro atoms. The smallest absolute Gasteiger partial charge is 0.0406 e. The average molecular weight is 230 g/mol. The van der Waals surface area contributed by atoms with E-state index in [2.05, 4.69) is 12.1 Å². The first-order valence-electron chi connectivity index (χ1n) is 4.76. The van der Waals surface area contributed by atoms with Crippen LogP contribution in [-0.4, -0.2) is 11.8 Å². The number of rotatable bonds is 5. The van der Waals surface area contributed by atoms with E-state index in [-0.39, 0.29) is 0 Å². The maximum absolute atomic E-state index is 5.79. The van der Waals surface area contributed by atoms with Crippen molar-refractivity contribution < 1.29 is 0 Å². The molecule has 0 aliphatic heterocycles. The second kappa shape index (κ2) is 6.33. The minimum Gasteiger partial charge on any atom is -0.328 e. The second-order valence-electron chi connectivity index (χ2n) is 3.45. The summed E-state index contributed by atoms with van der Waals surface area (Å²) in [5.41, 5.74) is 6.98. The van der Waals surface area contributed by atoms with Crippen molar-refractivity contribution in [3.05, 3.63) is 34.9 Å². The van der Waals surface area contributed by atoms with Crippen LogP contribution in [0.15, 0.2) is 24.3 Å². The van der Waals surface area contributed by atoms with Crippen molar-refractivity contribution in [1.29, 1.82) is 0 Å². The van der Waals surface area contributed by atoms with Crippen LogP contribution in [0.1, 0.15) is 18.9 Å². The van der Waals surface area contributed by atoms with Crippen LogP contribution in [0.2, 0.25) is 5.02 Å². The molecule has 1 nitrogen and oxygen atoms in total. The first-order chi connectivity index (χ1) is 6.68. The van der Waals surface area contributed by atoms with E-state index < -0.39 is 0 Å². The van der Waals surface area contributed by atoms with Crippen LogP contribution in [0.3, 0.4) is 0 Å². The van der Waals surface area contributed by atoms with Gasteiger partial charge in [-0.1, -0.05) is 23.7 Å². The number of hydrogen-bond donors (Lipinski definition) is 1. The Kier molecular flexibility index (Phi) is 5.38. The van der Waals surface area contributed by atoms with Crippen LogP contribution in [0.5, 0.6) is 0 Å². The van der Waals surface area contributed by atoms with Gasteiger partial charge in [0, 0.05) is 16.8 Å². The van der Waals surface area contributed by atoms with Gasteiger partial charge in [0.2, 0.25) is 0 Å². The molecule has 0 fully saturated rings. The van der Waals surface area contributed by atoms with Gasteiger partial charge in [0.05, 0.1) is 0 Å². The van der Waals surface area contributed by atoms with Gasteiger partial charge in [0.25, 0.3) is 0 Å². The topological polar surface area (TPSA) is 26.0 Å². The summed E-state index contributed by atoms with van der Waals surface area (Å²) in [5, 5.41) is 0.800. The Bertz CT molecular complexity index is 258. The summed E-state index contributed by atoms with van der Waals surface area (Å²) in [6, 6.07) is 8.32. The number of hydrogen-bond acceptors (Lipinski definition) is 2. The lowest BCUT2D eigenvalue weighted by Gasteiger charge is -2.04. The summed E-state index contributed by atoms with van der Waals surface area (Å²) in [5.74, 6) is 2.17. The number of thioether (sulfide) groups is 1. The van der Waals surface area contributed by atoms with E-state index in [9.17, 15) is 0 Å². The fourth-order valence-corrected chi connectivity index (χ4v) is 2.28. The van der Waals surface area contributed by atoms with Gasteiger partial charge in [-0.05, 0) is 36.8 Å². The lowest BCUT2D eigenvalue weighted by atomic mass is 10.2. The predicted molar refractivity (Wildman–Crippen MR) is 65.9 cm³/mol. The molecule has 3 heteroatoms. The number of halogens is 1. The molecule has 0 amide bonds. The van der Waals surface area contributed by atoms with Crippen LogP contribution in [0, 0.1) is 0 Å². The fourth-order valence-electron chi connectivity index (χ4n) is 1.04. The van der Waals surface area contributed by atoms with E-state index in [1.807, 2.05) is 30.8 Å². The third-order valence-corrected chi connectivity index (χ3v) is 3.21. The summed E-state index contributed by atoms with van der Waals surface area (Å²) < 4.78 is 0. The van der Waals surface area contributed by atoms with Crippen molar-refractivity contribution in [1.82, 2.24) is 0 Å². The molecule has 0 saturated carbocycles. The van der Waals surface area contributed by atoms with Gasteiger partial charge in [-0.3, -0.25) is 0 Å². The van der Waals surface area contributed by atoms with E-state index in [0.717, 1.165) is 22.9 Å². The third kappa shape index (κ3) is 4.89. The number of nitrogens with two attached hydrogens (primary N) is 1. The molecule has 0 aliphatic carbocycles. The average Bonchev–Trinajstić information content (AvgIpc) is 2.15. The summed E-state index contributed by atoms with van der Waals surface area (Å²) in [6.45, 7) is 2.04. The van der Waals surface area contributed by atoms with E-state index in [1.54, 1.807) is 0 Å². The monoisotopic (exact) mass is 229 g/mol. The van der Waals surface area contributed by atoms with Crippen molar-refractivity contribution in [2.75, 3.05) is 5.75 Å². The summed E-state index contributed by atoms with van der Waals surface area (Å²) in [4.78, 5) is 0.